The van der Waals surface area contributed by atoms with E-state index in [1.807, 2.05) is 13.8 Å². The van der Waals surface area contributed by atoms with Gasteiger partial charge in [0.2, 0.25) is 17.1 Å². The molecule has 0 aromatic carbocycles. The minimum atomic E-state index is -0.157. The van der Waals surface area contributed by atoms with E-state index in [9.17, 15) is 4.79 Å². The predicted octanol–water partition coefficient (Wildman–Crippen LogP) is 0.470. The Morgan fingerprint density at radius 1 is 1.41 bits per heavy atom. The fourth-order valence-electron chi connectivity index (χ4n) is 1.03. The topological polar surface area (TPSA) is 89.0 Å². The number of halogens is 1. The Kier molecular flexibility index (Phi) is 4.89. The average molecular weight is 260 g/mol. The summed E-state index contributed by atoms with van der Waals surface area (Å²) in [5.74, 6) is 0.0382. The number of anilines is 1. The molecule has 0 unspecified atom stereocenters. The van der Waals surface area contributed by atoms with Gasteiger partial charge in [0.05, 0.1) is 13.7 Å². The van der Waals surface area contributed by atoms with Crippen molar-refractivity contribution in [3.63, 3.8) is 0 Å². The molecule has 1 aromatic rings. The van der Waals surface area contributed by atoms with Crippen LogP contribution in [0.25, 0.3) is 0 Å². The summed E-state index contributed by atoms with van der Waals surface area (Å²) < 4.78 is 4.82. The smallest absolute Gasteiger partial charge is 0.322 e. The monoisotopic (exact) mass is 259 g/mol. The van der Waals surface area contributed by atoms with Crippen LogP contribution in [-0.2, 0) is 4.79 Å². The van der Waals surface area contributed by atoms with Gasteiger partial charge in [0.25, 0.3) is 0 Å². The van der Waals surface area contributed by atoms with Crippen molar-refractivity contribution in [2.24, 2.45) is 0 Å². The van der Waals surface area contributed by atoms with Crippen molar-refractivity contribution in [3.8, 4) is 6.01 Å². The molecule has 7 nitrogen and oxygen atoms in total. The van der Waals surface area contributed by atoms with Gasteiger partial charge in [-0.1, -0.05) is 0 Å². The van der Waals surface area contributed by atoms with Crippen molar-refractivity contribution in [2.45, 2.75) is 19.9 Å². The summed E-state index contributed by atoms with van der Waals surface area (Å²) in [6, 6.07) is 0.178. The van der Waals surface area contributed by atoms with E-state index in [4.69, 9.17) is 16.3 Å². The fourth-order valence-corrected chi connectivity index (χ4v) is 1.19. The quantitative estimate of drug-likeness (QED) is 0.799. The summed E-state index contributed by atoms with van der Waals surface area (Å²) in [7, 11) is 1.42. The third-order valence-corrected chi connectivity index (χ3v) is 1.80. The Labute approximate surface area is 104 Å². The molecular weight excluding hydrogens is 246 g/mol. The first-order chi connectivity index (χ1) is 8.01. The number of carbonyl (C=O) groups excluding carboxylic acids is 1. The van der Waals surface area contributed by atoms with E-state index < -0.39 is 0 Å². The molecule has 0 saturated carbocycles. The zero-order chi connectivity index (χ0) is 12.8. The molecule has 1 aromatic heterocycles. The summed E-state index contributed by atoms with van der Waals surface area (Å²) in [4.78, 5) is 22.8. The van der Waals surface area contributed by atoms with Crippen LogP contribution in [0, 0.1) is 0 Å². The first-order valence-electron chi connectivity index (χ1n) is 5.00. The van der Waals surface area contributed by atoms with Crippen LogP contribution in [0.2, 0.25) is 5.28 Å². The van der Waals surface area contributed by atoms with Crippen LogP contribution in [-0.4, -0.2) is 40.6 Å². The van der Waals surface area contributed by atoms with Gasteiger partial charge in [-0.05, 0) is 25.4 Å². The van der Waals surface area contributed by atoms with Crippen molar-refractivity contribution in [1.82, 2.24) is 20.3 Å². The molecule has 0 atom stereocenters. The van der Waals surface area contributed by atoms with Gasteiger partial charge in [-0.2, -0.15) is 15.0 Å². The molecule has 0 aliphatic carbocycles. The number of ether oxygens (including phenoxy) is 1. The molecular formula is C9H14ClN5O2. The Balaban J connectivity index is 2.57. The van der Waals surface area contributed by atoms with Gasteiger partial charge in [0.15, 0.2) is 0 Å². The molecule has 0 aliphatic rings. The van der Waals surface area contributed by atoms with Crippen LogP contribution < -0.4 is 15.4 Å². The normalized spacial score (nSPS) is 10.2. The van der Waals surface area contributed by atoms with Gasteiger partial charge in [-0.15, -0.1) is 0 Å². The van der Waals surface area contributed by atoms with Crippen molar-refractivity contribution in [1.29, 1.82) is 0 Å². The second-order valence-corrected chi connectivity index (χ2v) is 3.83. The molecule has 2 N–H and O–H groups in total. The van der Waals surface area contributed by atoms with Gasteiger partial charge in [-0.3, -0.25) is 4.79 Å². The molecule has 17 heavy (non-hydrogen) atoms. The number of nitrogens with zero attached hydrogens (tertiary/aromatic N) is 3. The average Bonchev–Trinajstić information content (AvgIpc) is 2.24. The maximum absolute atomic E-state index is 11.4. The SMILES string of the molecule is COc1nc(Cl)nc(NCC(=O)NC(C)C)n1. The lowest BCUT2D eigenvalue weighted by molar-refractivity contribution is -0.119. The Hall–Kier alpha value is -1.63. The van der Waals surface area contributed by atoms with Crippen molar-refractivity contribution < 1.29 is 9.53 Å². The van der Waals surface area contributed by atoms with E-state index in [2.05, 4.69) is 25.6 Å². The largest absolute Gasteiger partial charge is 0.467 e. The number of methoxy groups -OCH3 is 1. The van der Waals surface area contributed by atoms with Crippen LogP contribution in [0.15, 0.2) is 0 Å². The van der Waals surface area contributed by atoms with E-state index in [0.717, 1.165) is 0 Å². The third-order valence-electron chi connectivity index (χ3n) is 1.63. The van der Waals surface area contributed by atoms with E-state index in [1.165, 1.54) is 7.11 Å². The number of hydrogen-bond donors (Lipinski definition) is 2. The first kappa shape index (κ1) is 13.4. The molecule has 0 spiro atoms. The zero-order valence-corrected chi connectivity index (χ0v) is 10.6. The lowest BCUT2D eigenvalue weighted by Crippen LogP contribution is -2.35. The van der Waals surface area contributed by atoms with Crippen molar-refractivity contribution in [3.05, 3.63) is 5.28 Å². The number of aromatic nitrogens is 3. The first-order valence-corrected chi connectivity index (χ1v) is 5.38. The molecule has 0 aliphatic heterocycles. The van der Waals surface area contributed by atoms with E-state index in [-0.39, 0.29) is 35.7 Å². The zero-order valence-electron chi connectivity index (χ0n) is 9.82. The second-order valence-electron chi connectivity index (χ2n) is 3.49. The molecule has 8 heteroatoms. The summed E-state index contributed by atoms with van der Waals surface area (Å²) >= 11 is 5.65. The Morgan fingerprint density at radius 3 is 2.71 bits per heavy atom. The highest BCUT2D eigenvalue weighted by Gasteiger charge is 2.07. The van der Waals surface area contributed by atoms with E-state index in [1.54, 1.807) is 0 Å². The molecule has 94 valence electrons. The maximum atomic E-state index is 11.4. The van der Waals surface area contributed by atoms with Gasteiger partial charge in [0, 0.05) is 6.04 Å². The molecule has 0 radical (unpaired) electrons. The fraction of sp³-hybridized carbons (Fsp3) is 0.556. The molecule has 0 bridgehead atoms. The van der Waals surface area contributed by atoms with Gasteiger partial charge >= 0.3 is 6.01 Å². The molecule has 0 fully saturated rings. The number of carbonyl (C=O) groups is 1. The van der Waals surface area contributed by atoms with Gasteiger partial charge in [-0.25, -0.2) is 0 Å². The standard InChI is InChI=1S/C9H14ClN5O2/c1-5(2)12-6(16)4-11-8-13-7(10)14-9(15-8)17-3/h5H,4H2,1-3H3,(H,12,16)(H,11,13,14,15). The van der Waals surface area contributed by atoms with E-state index >= 15 is 0 Å². The minimum absolute atomic E-state index is 0.00335. The van der Waals surface area contributed by atoms with Crippen LogP contribution in [0.4, 0.5) is 5.95 Å². The second kappa shape index (κ2) is 6.19. The summed E-state index contributed by atoms with van der Waals surface area (Å²) in [6.45, 7) is 3.81. The Morgan fingerprint density at radius 2 is 2.12 bits per heavy atom. The summed E-state index contributed by atoms with van der Waals surface area (Å²) in [6.07, 6.45) is 0. The van der Waals surface area contributed by atoms with E-state index in [0.29, 0.717) is 0 Å². The van der Waals surface area contributed by atoms with Gasteiger partial charge in [0.1, 0.15) is 0 Å². The number of rotatable bonds is 5. The Bertz CT molecular complexity index is 399. The summed E-state index contributed by atoms with van der Waals surface area (Å²) in [5, 5.41) is 5.45. The molecule has 0 saturated heterocycles. The molecule has 1 heterocycles. The maximum Gasteiger partial charge on any atom is 0.322 e. The van der Waals surface area contributed by atoms with Gasteiger partial charge < -0.3 is 15.4 Å². The lowest BCUT2D eigenvalue weighted by Gasteiger charge is -2.09. The number of hydrogen-bond acceptors (Lipinski definition) is 6. The van der Waals surface area contributed by atoms with Crippen LogP contribution in [0.1, 0.15) is 13.8 Å². The number of amides is 1. The minimum Gasteiger partial charge on any atom is -0.467 e. The predicted molar refractivity (Wildman–Crippen MR) is 63.2 cm³/mol. The third kappa shape index (κ3) is 4.81. The highest BCUT2D eigenvalue weighted by molar-refractivity contribution is 6.28. The summed E-state index contributed by atoms with van der Waals surface area (Å²) in [5.41, 5.74) is 0. The number of nitrogens with one attached hydrogen (secondary N) is 2. The molecule has 1 amide bonds. The van der Waals surface area contributed by atoms with Crippen LogP contribution in [0.3, 0.4) is 0 Å². The highest BCUT2D eigenvalue weighted by Crippen LogP contribution is 2.10. The lowest BCUT2D eigenvalue weighted by atomic mass is 10.4. The van der Waals surface area contributed by atoms with Crippen molar-refractivity contribution in [2.75, 3.05) is 19.0 Å². The van der Waals surface area contributed by atoms with Crippen molar-refractivity contribution >= 4 is 23.5 Å². The molecule has 1 rings (SSSR count). The van der Waals surface area contributed by atoms with Crippen LogP contribution in [0.5, 0.6) is 6.01 Å². The highest BCUT2D eigenvalue weighted by atomic mass is 35.5. The van der Waals surface area contributed by atoms with Crippen LogP contribution >= 0.6 is 11.6 Å².